The van der Waals surface area contributed by atoms with Crippen LogP contribution in [0.1, 0.15) is 26.5 Å². The van der Waals surface area contributed by atoms with Crippen LogP contribution in [0.15, 0.2) is 12.4 Å². The molecule has 1 unspecified atom stereocenters. The van der Waals surface area contributed by atoms with E-state index in [4.69, 9.17) is 9.47 Å². The zero-order chi connectivity index (χ0) is 12.5. The first kappa shape index (κ1) is 13.9. The molecule has 5 nitrogen and oxygen atoms in total. The van der Waals surface area contributed by atoms with E-state index in [1.807, 2.05) is 13.8 Å². The molecule has 1 N–H and O–H groups in total. The summed E-state index contributed by atoms with van der Waals surface area (Å²) < 4.78 is 10.8. The van der Waals surface area contributed by atoms with E-state index in [1.165, 1.54) is 0 Å². The van der Waals surface area contributed by atoms with Gasteiger partial charge in [-0.1, -0.05) is 6.92 Å². The molecule has 0 saturated carbocycles. The first-order chi connectivity index (χ1) is 8.26. The van der Waals surface area contributed by atoms with Gasteiger partial charge in [0.25, 0.3) is 0 Å². The van der Waals surface area contributed by atoms with Gasteiger partial charge in [-0.25, -0.2) is 4.98 Å². The van der Waals surface area contributed by atoms with Crippen LogP contribution >= 0.6 is 0 Å². The van der Waals surface area contributed by atoms with Gasteiger partial charge < -0.3 is 14.8 Å². The van der Waals surface area contributed by atoms with E-state index >= 15 is 0 Å². The number of ether oxygens (including phenoxy) is 2. The van der Waals surface area contributed by atoms with Gasteiger partial charge in [-0.2, -0.15) is 0 Å². The van der Waals surface area contributed by atoms with E-state index in [2.05, 4.69) is 22.2 Å². The molecule has 17 heavy (non-hydrogen) atoms. The Morgan fingerprint density at radius 2 is 2.12 bits per heavy atom. The number of nitrogens with zero attached hydrogens (tertiary/aromatic N) is 2. The minimum atomic E-state index is -0.0103. The molecule has 0 aliphatic heterocycles. The highest BCUT2D eigenvalue weighted by molar-refractivity contribution is 5.07. The third-order valence-electron chi connectivity index (χ3n) is 2.12. The summed E-state index contributed by atoms with van der Waals surface area (Å²) >= 11 is 0. The Bertz CT molecular complexity index is 303. The molecule has 1 rings (SSSR count). The Hall–Kier alpha value is -1.20. The average molecular weight is 239 g/mol. The molecule has 0 aliphatic rings. The van der Waals surface area contributed by atoms with Gasteiger partial charge in [0.05, 0.1) is 24.7 Å². The summed E-state index contributed by atoms with van der Waals surface area (Å²) in [5.74, 6) is 0.539. The standard InChI is InChI=1S/C12H21N3O2/c1-4-13-6-11-7-15-12(8-14-11)17-10(3)9-16-5-2/h7-8,10,13H,4-6,9H2,1-3H3. The molecular weight excluding hydrogens is 218 g/mol. The van der Waals surface area contributed by atoms with E-state index in [9.17, 15) is 0 Å². The smallest absolute Gasteiger partial charge is 0.232 e. The fraction of sp³-hybridized carbons (Fsp3) is 0.667. The zero-order valence-corrected chi connectivity index (χ0v) is 10.8. The molecule has 0 bridgehead atoms. The molecule has 0 aliphatic carbocycles. The quantitative estimate of drug-likeness (QED) is 0.743. The zero-order valence-electron chi connectivity index (χ0n) is 10.8. The van der Waals surface area contributed by atoms with Gasteiger partial charge in [-0.05, 0) is 20.4 Å². The molecular formula is C12H21N3O2. The average Bonchev–Trinajstić information content (AvgIpc) is 2.35. The number of hydrogen-bond donors (Lipinski definition) is 1. The van der Waals surface area contributed by atoms with E-state index < -0.39 is 0 Å². The van der Waals surface area contributed by atoms with Crippen LogP contribution in [0.5, 0.6) is 5.88 Å². The van der Waals surface area contributed by atoms with Crippen LogP contribution in [0, 0.1) is 0 Å². The number of rotatable bonds is 8. The lowest BCUT2D eigenvalue weighted by atomic mass is 10.4. The minimum Gasteiger partial charge on any atom is -0.471 e. The van der Waals surface area contributed by atoms with Crippen molar-refractivity contribution in [3.05, 3.63) is 18.1 Å². The highest BCUT2D eigenvalue weighted by atomic mass is 16.5. The van der Waals surface area contributed by atoms with Gasteiger partial charge in [-0.15, -0.1) is 0 Å². The second-order valence-corrected chi connectivity index (χ2v) is 3.71. The van der Waals surface area contributed by atoms with Crippen molar-refractivity contribution in [2.24, 2.45) is 0 Å². The van der Waals surface area contributed by atoms with Crippen LogP contribution in [0.4, 0.5) is 0 Å². The van der Waals surface area contributed by atoms with Crippen LogP contribution in [0.25, 0.3) is 0 Å². The maximum atomic E-state index is 5.56. The molecule has 96 valence electrons. The summed E-state index contributed by atoms with van der Waals surface area (Å²) in [5.41, 5.74) is 0.914. The van der Waals surface area contributed by atoms with Gasteiger partial charge >= 0.3 is 0 Å². The molecule has 5 heteroatoms. The summed E-state index contributed by atoms with van der Waals surface area (Å²) in [7, 11) is 0. The lowest BCUT2D eigenvalue weighted by Crippen LogP contribution is -2.20. The number of hydrogen-bond acceptors (Lipinski definition) is 5. The molecule has 0 amide bonds. The molecule has 1 heterocycles. The highest BCUT2D eigenvalue weighted by Crippen LogP contribution is 2.06. The Morgan fingerprint density at radius 1 is 1.29 bits per heavy atom. The first-order valence-electron chi connectivity index (χ1n) is 6.02. The highest BCUT2D eigenvalue weighted by Gasteiger charge is 2.05. The van der Waals surface area contributed by atoms with E-state index in [1.54, 1.807) is 12.4 Å². The van der Waals surface area contributed by atoms with Gasteiger partial charge in [0.2, 0.25) is 5.88 Å². The Balaban J connectivity index is 2.39. The van der Waals surface area contributed by atoms with Gasteiger partial charge in [0.1, 0.15) is 6.10 Å². The predicted octanol–water partition coefficient (Wildman–Crippen LogP) is 1.39. The molecule has 1 atom stereocenters. The molecule has 1 aromatic rings. The van der Waals surface area contributed by atoms with Crippen LogP contribution < -0.4 is 10.1 Å². The molecule has 0 aromatic carbocycles. The van der Waals surface area contributed by atoms with Gasteiger partial charge in [-0.3, -0.25) is 4.98 Å². The summed E-state index contributed by atoms with van der Waals surface area (Å²) in [6, 6.07) is 0. The SMILES string of the molecule is CCNCc1cnc(OC(C)COCC)cn1. The Labute approximate surface area is 103 Å². The van der Waals surface area contributed by atoms with Crippen LogP contribution in [0.2, 0.25) is 0 Å². The topological polar surface area (TPSA) is 56.3 Å². The fourth-order valence-corrected chi connectivity index (χ4v) is 1.27. The predicted molar refractivity (Wildman–Crippen MR) is 66.0 cm³/mol. The van der Waals surface area contributed by atoms with Gasteiger partial charge in [0, 0.05) is 13.2 Å². The van der Waals surface area contributed by atoms with Crippen LogP contribution in [-0.4, -0.2) is 35.8 Å². The molecule has 1 aromatic heterocycles. The summed E-state index contributed by atoms with van der Waals surface area (Å²) in [5, 5.41) is 3.19. The van der Waals surface area contributed by atoms with Crippen LogP contribution in [0.3, 0.4) is 0 Å². The Kier molecular flexibility index (Phi) is 6.50. The largest absolute Gasteiger partial charge is 0.471 e. The monoisotopic (exact) mass is 239 g/mol. The normalized spacial score (nSPS) is 12.4. The third-order valence-corrected chi connectivity index (χ3v) is 2.12. The maximum absolute atomic E-state index is 5.56. The van der Waals surface area contributed by atoms with Crippen molar-refractivity contribution < 1.29 is 9.47 Å². The second-order valence-electron chi connectivity index (χ2n) is 3.71. The van der Waals surface area contributed by atoms with E-state index in [0.29, 0.717) is 19.1 Å². The lowest BCUT2D eigenvalue weighted by Gasteiger charge is -2.13. The van der Waals surface area contributed by atoms with Gasteiger partial charge in [0.15, 0.2) is 0 Å². The van der Waals surface area contributed by atoms with Crippen LogP contribution in [-0.2, 0) is 11.3 Å². The molecule has 0 fully saturated rings. The van der Waals surface area contributed by atoms with Crippen molar-refractivity contribution in [3.63, 3.8) is 0 Å². The molecule has 0 saturated heterocycles. The van der Waals surface area contributed by atoms with Crippen molar-refractivity contribution in [1.29, 1.82) is 0 Å². The summed E-state index contributed by atoms with van der Waals surface area (Å²) in [4.78, 5) is 8.46. The second kappa shape index (κ2) is 7.97. The van der Waals surface area contributed by atoms with Crippen molar-refractivity contribution in [2.45, 2.75) is 33.4 Å². The number of aromatic nitrogens is 2. The summed E-state index contributed by atoms with van der Waals surface area (Å²) in [6.45, 7) is 8.88. The number of nitrogens with one attached hydrogen (secondary N) is 1. The fourth-order valence-electron chi connectivity index (χ4n) is 1.27. The Morgan fingerprint density at radius 3 is 2.71 bits per heavy atom. The van der Waals surface area contributed by atoms with Crippen molar-refractivity contribution in [1.82, 2.24) is 15.3 Å². The van der Waals surface area contributed by atoms with Crippen molar-refractivity contribution >= 4 is 0 Å². The van der Waals surface area contributed by atoms with Crippen molar-refractivity contribution in [3.8, 4) is 5.88 Å². The third kappa shape index (κ3) is 5.60. The molecule has 0 spiro atoms. The minimum absolute atomic E-state index is 0.0103. The maximum Gasteiger partial charge on any atom is 0.232 e. The van der Waals surface area contributed by atoms with E-state index in [0.717, 1.165) is 18.8 Å². The van der Waals surface area contributed by atoms with Crippen molar-refractivity contribution in [2.75, 3.05) is 19.8 Å². The first-order valence-corrected chi connectivity index (χ1v) is 6.02. The molecule has 0 radical (unpaired) electrons. The summed E-state index contributed by atoms with van der Waals surface area (Å²) in [6.07, 6.45) is 3.37. The lowest BCUT2D eigenvalue weighted by molar-refractivity contribution is 0.0631. The van der Waals surface area contributed by atoms with E-state index in [-0.39, 0.29) is 6.10 Å².